The molecule has 1 heterocycles. The van der Waals surface area contributed by atoms with Crippen LogP contribution >= 0.6 is 23.2 Å². The first-order chi connectivity index (χ1) is 8.84. The molecule has 2 rings (SSSR count). The number of anilines is 2. The Bertz CT molecular complexity index is 585. The van der Waals surface area contributed by atoms with Gasteiger partial charge in [0.15, 0.2) is 0 Å². The fourth-order valence-electron chi connectivity index (χ4n) is 1.29. The van der Waals surface area contributed by atoms with E-state index in [0.29, 0.717) is 10.7 Å². The van der Waals surface area contributed by atoms with Crippen molar-refractivity contribution in [1.82, 2.24) is 9.97 Å². The molecule has 100 valence electrons. The van der Waals surface area contributed by atoms with E-state index in [1.807, 2.05) is 0 Å². The zero-order valence-corrected chi connectivity index (χ0v) is 10.7. The number of aromatic nitrogens is 2. The molecule has 0 bridgehead atoms. The highest BCUT2D eigenvalue weighted by molar-refractivity contribution is 6.30. The van der Waals surface area contributed by atoms with E-state index in [1.165, 1.54) is 6.07 Å². The summed E-state index contributed by atoms with van der Waals surface area (Å²) in [4.78, 5) is 6.49. The van der Waals surface area contributed by atoms with Gasteiger partial charge in [0.05, 0.1) is 0 Å². The van der Waals surface area contributed by atoms with Crippen molar-refractivity contribution >= 4 is 34.7 Å². The highest BCUT2D eigenvalue weighted by Gasteiger charge is 2.35. The fourth-order valence-corrected chi connectivity index (χ4v) is 1.60. The highest BCUT2D eigenvalue weighted by atomic mass is 35.5. The molecule has 0 unspecified atom stereocenters. The molecule has 3 nitrogen and oxygen atoms in total. The minimum absolute atomic E-state index is 0.0466. The van der Waals surface area contributed by atoms with E-state index in [2.05, 4.69) is 15.3 Å². The topological polar surface area (TPSA) is 37.8 Å². The van der Waals surface area contributed by atoms with Crippen molar-refractivity contribution in [2.75, 3.05) is 5.32 Å². The van der Waals surface area contributed by atoms with E-state index in [4.69, 9.17) is 23.2 Å². The average Bonchev–Trinajstić information content (AvgIpc) is 2.30. The van der Waals surface area contributed by atoms with E-state index in [9.17, 15) is 13.2 Å². The molecule has 2 aromatic rings. The SMILES string of the molecule is FC(F)(F)c1nc(Cl)cc(Nc2ccc(Cl)cc2)n1. The summed E-state index contributed by atoms with van der Waals surface area (Å²) < 4.78 is 37.5. The number of hydrogen-bond acceptors (Lipinski definition) is 3. The van der Waals surface area contributed by atoms with Crippen LogP contribution in [0.15, 0.2) is 30.3 Å². The van der Waals surface area contributed by atoms with Crippen molar-refractivity contribution in [3.05, 3.63) is 46.3 Å². The van der Waals surface area contributed by atoms with Crippen LogP contribution in [0.5, 0.6) is 0 Å². The molecule has 0 aliphatic heterocycles. The van der Waals surface area contributed by atoms with Gasteiger partial charge in [-0.05, 0) is 24.3 Å². The molecule has 0 radical (unpaired) electrons. The van der Waals surface area contributed by atoms with Crippen LogP contribution in [0.3, 0.4) is 0 Å². The summed E-state index contributed by atoms with van der Waals surface area (Å²) in [5.74, 6) is -1.34. The summed E-state index contributed by atoms with van der Waals surface area (Å²) in [6.07, 6.45) is -4.65. The average molecular weight is 308 g/mol. The number of nitrogens with one attached hydrogen (secondary N) is 1. The van der Waals surface area contributed by atoms with Crippen molar-refractivity contribution < 1.29 is 13.2 Å². The molecule has 0 aliphatic rings. The first-order valence-corrected chi connectivity index (χ1v) is 5.74. The van der Waals surface area contributed by atoms with Gasteiger partial charge in [0.25, 0.3) is 0 Å². The maximum absolute atomic E-state index is 12.5. The lowest BCUT2D eigenvalue weighted by molar-refractivity contribution is -0.144. The molecule has 1 aromatic carbocycles. The van der Waals surface area contributed by atoms with Crippen LogP contribution in [0.4, 0.5) is 24.7 Å². The highest BCUT2D eigenvalue weighted by Crippen LogP contribution is 2.29. The Hall–Kier alpha value is -1.53. The molecule has 0 fully saturated rings. The molecule has 0 saturated heterocycles. The number of benzene rings is 1. The first kappa shape index (κ1) is 13.9. The maximum atomic E-state index is 12.5. The third kappa shape index (κ3) is 3.71. The standard InChI is InChI=1S/C11H6Cl2F3N3/c12-6-1-3-7(4-2-6)17-9-5-8(13)18-10(19-9)11(14,15)16/h1-5H,(H,17,18,19). The Labute approximate surface area is 116 Å². The molecule has 1 aromatic heterocycles. The van der Waals surface area contributed by atoms with E-state index >= 15 is 0 Å². The van der Waals surface area contributed by atoms with E-state index in [-0.39, 0.29) is 11.0 Å². The molecule has 8 heteroatoms. The van der Waals surface area contributed by atoms with Gasteiger partial charge in [0.2, 0.25) is 5.82 Å². The van der Waals surface area contributed by atoms with Gasteiger partial charge in [-0.25, -0.2) is 9.97 Å². The monoisotopic (exact) mass is 307 g/mol. The zero-order valence-electron chi connectivity index (χ0n) is 9.17. The van der Waals surface area contributed by atoms with Crippen LogP contribution in [0.1, 0.15) is 5.82 Å². The second-order valence-electron chi connectivity index (χ2n) is 3.53. The van der Waals surface area contributed by atoms with Gasteiger partial charge in [-0.1, -0.05) is 23.2 Å². The molecular formula is C11H6Cl2F3N3. The van der Waals surface area contributed by atoms with Gasteiger partial charge >= 0.3 is 6.18 Å². The van der Waals surface area contributed by atoms with Gasteiger partial charge in [-0.15, -0.1) is 0 Å². The lowest BCUT2D eigenvalue weighted by Gasteiger charge is -2.09. The summed E-state index contributed by atoms with van der Waals surface area (Å²) in [5.41, 5.74) is 0.535. The van der Waals surface area contributed by atoms with Crippen LogP contribution in [-0.2, 0) is 6.18 Å². The summed E-state index contributed by atoms with van der Waals surface area (Å²) in [5, 5.41) is 2.91. The van der Waals surface area contributed by atoms with Gasteiger partial charge in [-0.3, -0.25) is 0 Å². The van der Waals surface area contributed by atoms with Gasteiger partial charge in [0.1, 0.15) is 11.0 Å². The van der Waals surface area contributed by atoms with Crippen molar-refractivity contribution in [2.24, 2.45) is 0 Å². The normalized spacial score (nSPS) is 11.4. The van der Waals surface area contributed by atoms with Crippen molar-refractivity contribution in [1.29, 1.82) is 0 Å². The van der Waals surface area contributed by atoms with Crippen LogP contribution in [0, 0.1) is 0 Å². The minimum atomic E-state index is -4.65. The molecule has 0 atom stereocenters. The van der Waals surface area contributed by atoms with Gasteiger partial charge < -0.3 is 5.32 Å². The largest absolute Gasteiger partial charge is 0.451 e. The quantitative estimate of drug-likeness (QED) is 0.827. The Kier molecular flexibility index (Phi) is 3.82. The molecule has 0 amide bonds. The van der Waals surface area contributed by atoms with Gasteiger partial charge in [-0.2, -0.15) is 13.2 Å². The molecule has 0 aliphatic carbocycles. The summed E-state index contributed by atoms with van der Waals surface area (Å²) in [7, 11) is 0. The van der Waals surface area contributed by atoms with Crippen molar-refractivity contribution in [2.45, 2.75) is 6.18 Å². The minimum Gasteiger partial charge on any atom is -0.340 e. The molecule has 0 saturated carbocycles. The van der Waals surface area contributed by atoms with E-state index in [0.717, 1.165) is 0 Å². The number of alkyl halides is 3. The summed E-state index contributed by atoms with van der Waals surface area (Å²) >= 11 is 11.2. The number of halogens is 5. The molecule has 1 N–H and O–H groups in total. The third-order valence-corrected chi connectivity index (χ3v) is 2.51. The van der Waals surface area contributed by atoms with Crippen LogP contribution in [0.2, 0.25) is 10.2 Å². The fraction of sp³-hybridized carbons (Fsp3) is 0.0909. The lowest BCUT2D eigenvalue weighted by Crippen LogP contribution is -2.12. The Morgan fingerprint density at radius 1 is 1.00 bits per heavy atom. The van der Waals surface area contributed by atoms with Crippen LogP contribution < -0.4 is 5.32 Å². The zero-order chi connectivity index (χ0) is 14.0. The third-order valence-electron chi connectivity index (χ3n) is 2.07. The van der Waals surface area contributed by atoms with Crippen molar-refractivity contribution in [3.8, 4) is 0 Å². The first-order valence-electron chi connectivity index (χ1n) is 4.99. The Balaban J connectivity index is 2.30. The lowest BCUT2D eigenvalue weighted by atomic mass is 10.3. The maximum Gasteiger partial charge on any atom is 0.451 e. The summed E-state index contributed by atoms with van der Waals surface area (Å²) in [6.45, 7) is 0. The number of rotatable bonds is 2. The second-order valence-corrected chi connectivity index (χ2v) is 4.35. The number of nitrogens with zero attached hydrogens (tertiary/aromatic N) is 2. The smallest absolute Gasteiger partial charge is 0.340 e. The molecular weight excluding hydrogens is 302 g/mol. The Morgan fingerprint density at radius 2 is 1.63 bits per heavy atom. The predicted molar refractivity (Wildman–Crippen MR) is 66.8 cm³/mol. The number of hydrogen-bond donors (Lipinski definition) is 1. The predicted octanol–water partition coefficient (Wildman–Crippen LogP) is 4.55. The Morgan fingerprint density at radius 3 is 2.21 bits per heavy atom. The van der Waals surface area contributed by atoms with E-state index < -0.39 is 12.0 Å². The molecule has 19 heavy (non-hydrogen) atoms. The van der Waals surface area contributed by atoms with E-state index in [1.54, 1.807) is 24.3 Å². The second kappa shape index (κ2) is 5.22. The summed E-state index contributed by atoms with van der Waals surface area (Å²) in [6, 6.07) is 7.59. The van der Waals surface area contributed by atoms with Gasteiger partial charge in [0, 0.05) is 16.8 Å². The van der Waals surface area contributed by atoms with Crippen molar-refractivity contribution in [3.63, 3.8) is 0 Å². The van der Waals surface area contributed by atoms with Crippen LogP contribution in [-0.4, -0.2) is 9.97 Å². The molecule has 0 spiro atoms. The van der Waals surface area contributed by atoms with Crippen LogP contribution in [0.25, 0.3) is 0 Å².